The van der Waals surface area contributed by atoms with Crippen LogP contribution in [0.3, 0.4) is 0 Å². The normalized spacial score (nSPS) is 11.5. The largest absolute Gasteiger partial charge is 0.456 e. The Hall–Kier alpha value is -18.9. The van der Waals surface area contributed by atoms with Gasteiger partial charge in [0, 0.05) is 89.5 Å². The second kappa shape index (κ2) is 36.0. The quantitative estimate of drug-likeness (QED) is 0.0798. The third kappa shape index (κ3) is 15.5. The molecule has 25 aromatic carbocycles. The first-order valence-corrected chi connectivity index (χ1v) is 48.5. The first kappa shape index (κ1) is 83.7. The average Bonchev–Trinajstić information content (AvgIpc) is 1.13. The number of hydrogen-bond donors (Lipinski definition) is 0. The van der Waals surface area contributed by atoms with Crippen molar-refractivity contribution in [3.8, 4) is 66.8 Å². The van der Waals surface area contributed by atoms with Crippen LogP contribution in [-0.2, 0) is 0 Å². The zero-order valence-corrected chi connectivity index (χ0v) is 77.6. The van der Waals surface area contributed by atoms with E-state index in [1.54, 1.807) is 0 Å². The van der Waals surface area contributed by atoms with E-state index < -0.39 is 0 Å². The Bertz CT molecular complexity index is 9300. The van der Waals surface area contributed by atoms with Crippen molar-refractivity contribution in [2.45, 2.75) is 0 Å². The SMILES string of the molecule is c1ccc(N(c2ccc(-c3ccc(N(c4ccc(-c5ccc(-c6ccc7oc8ccccc8c7c6)cc5)cc4)c4ccc5c6ccccc6c6ccccc6c5c4)cc3)cc2)c2cccc3ccccc23)cc1.c1ccc(N(c2ccccc2)c2ccc(-c3ccc(N(c4ccc(-c5ccc(-c6ccc7oc8ccccc8c7c6)cc5)cc4)c4ccc5c6ccccc6c6ccccc6c5c4)cc3)cc2)cc1. The van der Waals surface area contributed by atoms with E-state index in [-0.39, 0.29) is 0 Å². The summed E-state index contributed by atoms with van der Waals surface area (Å²) in [5.74, 6) is 0. The standard InChI is InChI=1S/C70H46N2O.C66H44N2O/c1-2-15-54(16-3-1)72(68-23-12-14-52-13-4-5-17-59(52)68)57-40-33-50(34-41-57)49-31-38-56(39-32-49)71(58-42-43-64-62-20-7-6-18-60(62)61-19-8-9-21-63(61)66(64)46-58)55-36-29-48(30-37-55)47-25-27-51(28-26-47)53-35-44-70-67(45-53)65-22-10-11-24-69(65)73-70;1-3-13-51(14-4-1)67(52-15-5-2-6-16-52)53-34-27-47(28-35-53)48-31-38-55(39-32-48)68(56-40-41-61-59-19-8-7-17-57(59)58-18-9-10-20-60(58)63(61)44-56)54-36-29-46(30-37-54)45-23-25-49(26-24-45)50-33-42-66-64(43-50)62-21-11-12-22-65(62)69-66/h1-46H;1-44H. The van der Waals surface area contributed by atoms with Gasteiger partial charge in [-0.2, -0.15) is 0 Å². The van der Waals surface area contributed by atoms with Crippen molar-refractivity contribution in [2.24, 2.45) is 0 Å². The highest BCUT2D eigenvalue weighted by Crippen LogP contribution is 2.49. The Morgan fingerprint density at radius 2 is 0.310 bits per heavy atom. The topological polar surface area (TPSA) is 39.2 Å². The van der Waals surface area contributed by atoms with Crippen LogP contribution in [-0.4, -0.2) is 0 Å². The van der Waals surface area contributed by atoms with Gasteiger partial charge in [0.25, 0.3) is 0 Å². The zero-order valence-electron chi connectivity index (χ0n) is 77.6. The van der Waals surface area contributed by atoms with E-state index in [4.69, 9.17) is 8.83 Å². The second-order valence-corrected chi connectivity index (χ2v) is 36.5. The van der Waals surface area contributed by atoms with Crippen LogP contribution in [0.4, 0.5) is 68.2 Å². The average molecular weight is 1810 g/mol. The van der Waals surface area contributed by atoms with Gasteiger partial charge in [-0.1, -0.05) is 370 Å². The molecule has 27 aromatic rings. The minimum Gasteiger partial charge on any atom is -0.456 e. The highest BCUT2D eigenvalue weighted by molar-refractivity contribution is 6.27. The molecular weight excluding hydrogens is 1720 g/mol. The predicted octanol–water partition coefficient (Wildman–Crippen LogP) is 39.1. The fourth-order valence-corrected chi connectivity index (χ4v) is 21.3. The van der Waals surface area contributed by atoms with Crippen LogP contribution < -0.4 is 19.6 Å². The van der Waals surface area contributed by atoms with Gasteiger partial charge in [0.05, 0.1) is 5.69 Å². The van der Waals surface area contributed by atoms with E-state index in [0.29, 0.717) is 0 Å². The highest BCUT2D eigenvalue weighted by Gasteiger charge is 2.24. The Labute approximate surface area is 822 Å². The van der Waals surface area contributed by atoms with Crippen molar-refractivity contribution in [1.82, 2.24) is 0 Å². The summed E-state index contributed by atoms with van der Waals surface area (Å²) in [4.78, 5) is 9.43. The summed E-state index contributed by atoms with van der Waals surface area (Å²) in [6.45, 7) is 0. The molecule has 0 spiro atoms. The number of anilines is 12. The van der Waals surface area contributed by atoms with Crippen molar-refractivity contribution >= 4 is 188 Å². The minimum atomic E-state index is 0.909. The molecule has 0 atom stereocenters. The van der Waals surface area contributed by atoms with Crippen LogP contribution >= 0.6 is 0 Å². The molecule has 0 unspecified atom stereocenters. The molecule has 142 heavy (non-hydrogen) atoms. The molecular formula is C136H90N4O2. The van der Waals surface area contributed by atoms with Gasteiger partial charge in [0.15, 0.2) is 0 Å². The maximum absolute atomic E-state index is 6.12. The zero-order chi connectivity index (χ0) is 93.9. The van der Waals surface area contributed by atoms with Crippen LogP contribution in [0.25, 0.3) is 186 Å². The lowest BCUT2D eigenvalue weighted by atomic mass is 9.94. The summed E-state index contributed by atoms with van der Waals surface area (Å²) in [6, 6.07) is 197. The number of para-hydroxylation sites is 5. The second-order valence-electron chi connectivity index (χ2n) is 36.5. The summed E-state index contributed by atoms with van der Waals surface area (Å²) in [5.41, 5.74) is 30.8. The first-order valence-electron chi connectivity index (χ1n) is 48.5. The van der Waals surface area contributed by atoms with E-state index in [2.05, 4.69) is 541 Å². The third-order valence-electron chi connectivity index (χ3n) is 28.3. The molecule has 0 bridgehead atoms. The molecule has 0 N–H and O–H groups in total. The predicted molar refractivity (Wildman–Crippen MR) is 601 cm³/mol. The maximum Gasteiger partial charge on any atom is 0.135 e. The van der Waals surface area contributed by atoms with Crippen LogP contribution in [0.15, 0.2) is 555 Å². The van der Waals surface area contributed by atoms with Crippen molar-refractivity contribution in [1.29, 1.82) is 0 Å². The van der Waals surface area contributed by atoms with Crippen molar-refractivity contribution in [3.05, 3.63) is 546 Å². The van der Waals surface area contributed by atoms with E-state index in [9.17, 15) is 0 Å². The smallest absolute Gasteiger partial charge is 0.135 e. The van der Waals surface area contributed by atoms with Crippen LogP contribution in [0.2, 0.25) is 0 Å². The molecule has 0 aliphatic rings. The third-order valence-corrected chi connectivity index (χ3v) is 28.3. The van der Waals surface area contributed by atoms with Crippen LogP contribution in [0, 0.1) is 0 Å². The summed E-state index contributed by atoms with van der Waals surface area (Å²) in [5, 5.41) is 22.1. The number of nitrogens with zero attached hydrogens (tertiary/aromatic N) is 4. The van der Waals surface area contributed by atoms with Gasteiger partial charge in [0.1, 0.15) is 22.3 Å². The maximum atomic E-state index is 6.12. The fourth-order valence-electron chi connectivity index (χ4n) is 21.3. The van der Waals surface area contributed by atoms with E-state index in [1.807, 2.05) is 24.3 Å². The summed E-state index contributed by atoms with van der Waals surface area (Å²) >= 11 is 0. The van der Waals surface area contributed by atoms with Crippen molar-refractivity contribution in [2.75, 3.05) is 19.6 Å². The molecule has 0 fully saturated rings. The lowest BCUT2D eigenvalue weighted by molar-refractivity contribution is 0.668. The number of rotatable bonds is 18. The van der Waals surface area contributed by atoms with E-state index in [0.717, 1.165) is 146 Å². The van der Waals surface area contributed by atoms with Gasteiger partial charge in [-0.3, -0.25) is 0 Å². The molecule has 6 heteroatoms. The number of furan rings is 2. The van der Waals surface area contributed by atoms with Gasteiger partial charge >= 0.3 is 0 Å². The Kier molecular flexibility index (Phi) is 21.2. The summed E-state index contributed by atoms with van der Waals surface area (Å²) in [6.07, 6.45) is 0. The Morgan fingerprint density at radius 1 is 0.106 bits per heavy atom. The molecule has 2 heterocycles. The first-order chi connectivity index (χ1) is 70.4. The monoisotopic (exact) mass is 1810 g/mol. The van der Waals surface area contributed by atoms with Gasteiger partial charge < -0.3 is 28.4 Å². The van der Waals surface area contributed by atoms with Gasteiger partial charge in [0.2, 0.25) is 0 Å². The number of benzene rings is 25. The molecule has 0 amide bonds. The lowest BCUT2D eigenvalue weighted by Crippen LogP contribution is -2.10. The Balaban J connectivity index is 0.000000146. The summed E-state index contributed by atoms with van der Waals surface area (Å²) < 4.78 is 12.2. The van der Waals surface area contributed by atoms with E-state index >= 15 is 0 Å². The lowest BCUT2D eigenvalue weighted by Gasteiger charge is -2.27. The molecule has 0 radical (unpaired) electrons. The Morgan fingerprint density at radius 3 is 0.634 bits per heavy atom. The summed E-state index contributed by atoms with van der Waals surface area (Å²) in [7, 11) is 0. The fraction of sp³-hybridized carbons (Fsp3) is 0. The van der Waals surface area contributed by atoms with Crippen LogP contribution in [0.1, 0.15) is 0 Å². The van der Waals surface area contributed by atoms with Crippen molar-refractivity contribution < 1.29 is 8.83 Å². The molecule has 666 valence electrons. The van der Waals surface area contributed by atoms with Crippen LogP contribution in [0.5, 0.6) is 0 Å². The molecule has 0 saturated heterocycles. The molecule has 27 rings (SSSR count). The minimum absolute atomic E-state index is 0.909. The molecule has 2 aromatic heterocycles. The molecule has 0 aliphatic heterocycles. The van der Waals surface area contributed by atoms with Gasteiger partial charge in [-0.25, -0.2) is 0 Å². The number of fused-ring (bicyclic) bond motifs is 19. The van der Waals surface area contributed by atoms with E-state index in [1.165, 1.54) is 109 Å². The van der Waals surface area contributed by atoms with Crippen molar-refractivity contribution in [3.63, 3.8) is 0 Å². The molecule has 6 nitrogen and oxygen atoms in total. The molecule has 0 saturated carbocycles. The number of hydrogen-bond acceptors (Lipinski definition) is 6. The van der Waals surface area contributed by atoms with Gasteiger partial charge in [-0.15, -0.1) is 0 Å². The highest BCUT2D eigenvalue weighted by atomic mass is 16.3. The molecule has 0 aliphatic carbocycles. The van der Waals surface area contributed by atoms with Gasteiger partial charge in [-0.05, 0) is 313 Å².